The standard InChI is InChI=1S/C21H27NO2/c1-15-7-5-8-19(13-15)9-6-12-22-21(23)18(4)24-20-14-16(2)10-11-17(20)3/h5,7-8,10-11,13-14,18H,6,9,12H2,1-4H3,(H,22,23). The second kappa shape index (κ2) is 8.53. The number of amides is 1. The highest BCUT2D eigenvalue weighted by Crippen LogP contribution is 2.20. The lowest BCUT2D eigenvalue weighted by atomic mass is 10.1. The molecule has 0 fully saturated rings. The number of hydrogen-bond acceptors (Lipinski definition) is 2. The molecule has 0 spiro atoms. The van der Waals surface area contributed by atoms with Crippen LogP contribution in [0.15, 0.2) is 42.5 Å². The molecule has 2 aromatic carbocycles. The van der Waals surface area contributed by atoms with E-state index in [0.29, 0.717) is 6.54 Å². The summed E-state index contributed by atoms with van der Waals surface area (Å²) in [5.74, 6) is 0.706. The zero-order valence-corrected chi connectivity index (χ0v) is 15.1. The summed E-state index contributed by atoms with van der Waals surface area (Å²) >= 11 is 0. The van der Waals surface area contributed by atoms with Crippen LogP contribution in [0, 0.1) is 20.8 Å². The molecule has 0 heterocycles. The highest BCUT2D eigenvalue weighted by molar-refractivity contribution is 5.80. The van der Waals surface area contributed by atoms with E-state index in [1.807, 2.05) is 32.0 Å². The zero-order valence-electron chi connectivity index (χ0n) is 15.1. The van der Waals surface area contributed by atoms with Crippen LogP contribution in [0.2, 0.25) is 0 Å². The van der Waals surface area contributed by atoms with Gasteiger partial charge in [-0.2, -0.15) is 0 Å². The summed E-state index contributed by atoms with van der Waals surface area (Å²) in [6.07, 6.45) is 1.39. The molecule has 1 unspecified atom stereocenters. The minimum absolute atomic E-state index is 0.0693. The smallest absolute Gasteiger partial charge is 0.260 e. The molecule has 3 nitrogen and oxygen atoms in total. The third kappa shape index (κ3) is 5.41. The van der Waals surface area contributed by atoms with Crippen LogP contribution in [0.3, 0.4) is 0 Å². The third-order valence-corrected chi connectivity index (χ3v) is 4.04. The van der Waals surface area contributed by atoms with Gasteiger partial charge in [-0.05, 0) is 63.3 Å². The fraction of sp³-hybridized carbons (Fsp3) is 0.381. The van der Waals surface area contributed by atoms with Crippen LogP contribution in [0.1, 0.15) is 35.6 Å². The number of carbonyl (C=O) groups is 1. The maximum absolute atomic E-state index is 12.2. The average Bonchev–Trinajstić information content (AvgIpc) is 2.55. The van der Waals surface area contributed by atoms with E-state index in [-0.39, 0.29) is 5.91 Å². The first-order valence-corrected chi connectivity index (χ1v) is 8.53. The van der Waals surface area contributed by atoms with Crippen molar-refractivity contribution in [2.24, 2.45) is 0 Å². The fourth-order valence-electron chi connectivity index (χ4n) is 2.59. The fourth-order valence-corrected chi connectivity index (χ4v) is 2.59. The van der Waals surface area contributed by atoms with Gasteiger partial charge in [-0.25, -0.2) is 0 Å². The highest BCUT2D eigenvalue weighted by Gasteiger charge is 2.15. The molecule has 0 aliphatic rings. The summed E-state index contributed by atoms with van der Waals surface area (Å²) in [6, 6.07) is 14.5. The minimum atomic E-state index is -0.496. The Bertz CT molecular complexity index is 694. The second-order valence-corrected chi connectivity index (χ2v) is 6.41. The van der Waals surface area contributed by atoms with Gasteiger partial charge in [0.25, 0.3) is 5.91 Å². The zero-order chi connectivity index (χ0) is 17.5. The Morgan fingerprint density at radius 2 is 1.83 bits per heavy atom. The SMILES string of the molecule is Cc1cccc(CCCNC(=O)C(C)Oc2cc(C)ccc2C)c1. The maximum Gasteiger partial charge on any atom is 0.260 e. The summed E-state index contributed by atoms with van der Waals surface area (Å²) in [7, 11) is 0. The molecule has 1 amide bonds. The molecule has 0 saturated heterocycles. The van der Waals surface area contributed by atoms with Crippen LogP contribution >= 0.6 is 0 Å². The van der Waals surface area contributed by atoms with E-state index in [9.17, 15) is 4.79 Å². The predicted molar refractivity (Wildman–Crippen MR) is 98.5 cm³/mol. The Labute approximate surface area is 145 Å². The van der Waals surface area contributed by atoms with Crippen LogP contribution in [-0.4, -0.2) is 18.6 Å². The topological polar surface area (TPSA) is 38.3 Å². The Morgan fingerprint density at radius 3 is 2.58 bits per heavy atom. The van der Waals surface area contributed by atoms with Gasteiger partial charge in [0.1, 0.15) is 5.75 Å². The number of rotatable bonds is 7. The second-order valence-electron chi connectivity index (χ2n) is 6.41. The minimum Gasteiger partial charge on any atom is -0.481 e. The number of aryl methyl sites for hydroxylation is 4. The Hall–Kier alpha value is -2.29. The number of ether oxygens (including phenoxy) is 1. The highest BCUT2D eigenvalue weighted by atomic mass is 16.5. The molecular weight excluding hydrogens is 298 g/mol. The molecule has 0 bridgehead atoms. The Kier molecular flexibility index (Phi) is 6.42. The van der Waals surface area contributed by atoms with Crippen molar-refractivity contribution in [2.75, 3.05) is 6.54 Å². The van der Waals surface area contributed by atoms with Crippen molar-refractivity contribution >= 4 is 5.91 Å². The summed E-state index contributed by atoms with van der Waals surface area (Å²) in [6.45, 7) is 8.55. The van der Waals surface area contributed by atoms with Crippen molar-refractivity contribution in [3.8, 4) is 5.75 Å². The average molecular weight is 325 g/mol. The summed E-state index contributed by atoms with van der Waals surface area (Å²) in [5.41, 5.74) is 4.75. The van der Waals surface area contributed by atoms with E-state index in [1.54, 1.807) is 6.92 Å². The molecule has 1 atom stereocenters. The first-order chi connectivity index (χ1) is 11.5. The van der Waals surface area contributed by atoms with Crippen molar-refractivity contribution in [1.29, 1.82) is 0 Å². The molecule has 0 aliphatic carbocycles. The predicted octanol–water partition coefficient (Wildman–Crippen LogP) is 4.13. The molecule has 0 radical (unpaired) electrons. The molecule has 0 aromatic heterocycles. The molecule has 2 aromatic rings. The molecule has 0 saturated carbocycles. The summed E-state index contributed by atoms with van der Waals surface area (Å²) in [4.78, 5) is 12.2. The van der Waals surface area contributed by atoms with Crippen molar-refractivity contribution in [3.05, 3.63) is 64.7 Å². The number of nitrogens with one attached hydrogen (secondary N) is 1. The van der Waals surface area contributed by atoms with E-state index >= 15 is 0 Å². The third-order valence-electron chi connectivity index (χ3n) is 4.04. The molecule has 128 valence electrons. The van der Waals surface area contributed by atoms with Gasteiger partial charge in [0.15, 0.2) is 6.10 Å². The lowest BCUT2D eigenvalue weighted by molar-refractivity contribution is -0.127. The van der Waals surface area contributed by atoms with Gasteiger partial charge in [-0.3, -0.25) is 4.79 Å². The molecule has 3 heteroatoms. The van der Waals surface area contributed by atoms with Crippen LogP contribution in [0.4, 0.5) is 0 Å². The first-order valence-electron chi connectivity index (χ1n) is 8.53. The van der Waals surface area contributed by atoms with E-state index in [4.69, 9.17) is 4.74 Å². The van der Waals surface area contributed by atoms with Gasteiger partial charge in [-0.1, -0.05) is 42.0 Å². The van der Waals surface area contributed by atoms with Crippen LogP contribution in [0.25, 0.3) is 0 Å². The van der Waals surface area contributed by atoms with Crippen molar-refractivity contribution in [2.45, 2.75) is 46.6 Å². The quantitative estimate of drug-likeness (QED) is 0.777. The van der Waals surface area contributed by atoms with E-state index in [1.165, 1.54) is 11.1 Å². The Morgan fingerprint density at radius 1 is 1.08 bits per heavy atom. The van der Waals surface area contributed by atoms with Crippen LogP contribution < -0.4 is 10.1 Å². The maximum atomic E-state index is 12.2. The van der Waals surface area contributed by atoms with Crippen molar-refractivity contribution in [1.82, 2.24) is 5.32 Å². The summed E-state index contributed by atoms with van der Waals surface area (Å²) in [5, 5.41) is 2.96. The van der Waals surface area contributed by atoms with Gasteiger partial charge in [-0.15, -0.1) is 0 Å². The Balaban J connectivity index is 1.76. The van der Waals surface area contributed by atoms with Gasteiger partial charge in [0.05, 0.1) is 0 Å². The lowest BCUT2D eigenvalue weighted by Gasteiger charge is -2.16. The monoisotopic (exact) mass is 325 g/mol. The van der Waals surface area contributed by atoms with E-state index in [0.717, 1.165) is 29.7 Å². The molecule has 24 heavy (non-hydrogen) atoms. The van der Waals surface area contributed by atoms with E-state index < -0.39 is 6.10 Å². The number of carbonyl (C=O) groups excluding carboxylic acids is 1. The number of benzene rings is 2. The lowest BCUT2D eigenvalue weighted by Crippen LogP contribution is -2.37. The summed E-state index contributed by atoms with van der Waals surface area (Å²) < 4.78 is 5.81. The molecule has 2 rings (SSSR count). The van der Waals surface area contributed by atoms with E-state index in [2.05, 4.69) is 36.5 Å². The van der Waals surface area contributed by atoms with Gasteiger partial charge >= 0.3 is 0 Å². The van der Waals surface area contributed by atoms with Gasteiger partial charge in [0, 0.05) is 6.54 Å². The molecule has 1 N–H and O–H groups in total. The first kappa shape index (κ1) is 18.1. The molecule has 0 aliphatic heterocycles. The largest absolute Gasteiger partial charge is 0.481 e. The normalized spacial score (nSPS) is 11.8. The number of hydrogen-bond donors (Lipinski definition) is 1. The van der Waals surface area contributed by atoms with Crippen LogP contribution in [0.5, 0.6) is 5.75 Å². The van der Waals surface area contributed by atoms with Crippen LogP contribution in [-0.2, 0) is 11.2 Å². The van der Waals surface area contributed by atoms with Gasteiger partial charge in [0.2, 0.25) is 0 Å². The molecular formula is C21H27NO2. The van der Waals surface area contributed by atoms with Crippen molar-refractivity contribution < 1.29 is 9.53 Å². The van der Waals surface area contributed by atoms with Gasteiger partial charge < -0.3 is 10.1 Å². The van der Waals surface area contributed by atoms with Crippen molar-refractivity contribution in [3.63, 3.8) is 0 Å².